The van der Waals surface area contributed by atoms with Crippen LogP contribution in [0.1, 0.15) is 30.9 Å². The minimum Gasteiger partial charge on any atom is -0.492 e. The van der Waals surface area contributed by atoms with E-state index in [1.165, 1.54) is 16.0 Å². The first kappa shape index (κ1) is 20.6. The first-order chi connectivity index (χ1) is 14.8. The Bertz CT molecular complexity index is 1080. The Labute approximate surface area is 180 Å². The van der Waals surface area contributed by atoms with E-state index in [1.807, 2.05) is 44.2 Å². The lowest BCUT2D eigenvalue weighted by atomic mass is 10.0. The van der Waals surface area contributed by atoms with Crippen LogP contribution in [-0.2, 0) is 11.3 Å². The molecule has 0 unspecified atom stereocenters. The number of urea groups is 1. The topological polar surface area (TPSA) is 93.7 Å². The van der Waals surface area contributed by atoms with Gasteiger partial charge in [0.25, 0.3) is 5.91 Å². The van der Waals surface area contributed by atoms with Crippen molar-refractivity contribution in [3.8, 4) is 5.75 Å². The highest BCUT2D eigenvalue weighted by Crippen LogP contribution is 2.31. The number of ether oxygens (including phenoxy) is 1. The monoisotopic (exact) mass is 423 g/mol. The predicted molar refractivity (Wildman–Crippen MR) is 113 cm³/mol. The fourth-order valence-electron chi connectivity index (χ4n) is 3.65. The van der Waals surface area contributed by atoms with Crippen LogP contribution < -0.4 is 9.64 Å². The van der Waals surface area contributed by atoms with E-state index in [9.17, 15) is 9.59 Å². The van der Waals surface area contributed by atoms with Gasteiger partial charge in [-0.05, 0) is 39.8 Å². The summed E-state index contributed by atoms with van der Waals surface area (Å²) in [6.07, 6.45) is 3.20. The first-order valence-electron chi connectivity index (χ1n) is 10.1. The molecule has 1 fully saturated rings. The number of aryl methyl sites for hydroxylation is 2. The smallest absolute Gasteiger partial charge is 0.332 e. The maximum atomic E-state index is 13.1. The zero-order chi connectivity index (χ0) is 22.2. The fraction of sp³-hybridized carbons (Fsp3) is 0.364. The molecule has 0 N–H and O–H groups in total. The van der Waals surface area contributed by atoms with Gasteiger partial charge in [-0.25, -0.2) is 9.69 Å². The number of hydrogen-bond donors (Lipinski definition) is 0. The van der Waals surface area contributed by atoms with E-state index >= 15 is 0 Å². The molecule has 9 nitrogen and oxygen atoms in total. The molecule has 162 valence electrons. The van der Waals surface area contributed by atoms with Crippen molar-refractivity contribution in [1.82, 2.24) is 19.8 Å². The van der Waals surface area contributed by atoms with Crippen LogP contribution in [0.2, 0.25) is 0 Å². The van der Waals surface area contributed by atoms with E-state index in [4.69, 9.17) is 9.26 Å². The molecule has 0 radical (unpaired) electrons. The van der Waals surface area contributed by atoms with Crippen molar-refractivity contribution in [2.75, 3.05) is 18.1 Å². The highest BCUT2D eigenvalue weighted by atomic mass is 16.5. The average molecular weight is 423 g/mol. The number of para-hydroxylation sites is 1. The molecular formula is C22H25N5O4. The molecule has 0 spiro atoms. The van der Waals surface area contributed by atoms with Crippen molar-refractivity contribution in [1.29, 1.82) is 0 Å². The van der Waals surface area contributed by atoms with Gasteiger partial charge in [-0.2, -0.15) is 5.10 Å². The Morgan fingerprint density at radius 2 is 1.87 bits per heavy atom. The van der Waals surface area contributed by atoms with Crippen LogP contribution in [0.3, 0.4) is 0 Å². The second kappa shape index (κ2) is 7.90. The first-order valence-corrected chi connectivity index (χ1v) is 10.1. The van der Waals surface area contributed by atoms with Gasteiger partial charge in [0.15, 0.2) is 0 Å². The Morgan fingerprint density at radius 1 is 1.13 bits per heavy atom. The molecule has 2 aromatic heterocycles. The lowest BCUT2D eigenvalue weighted by Crippen LogP contribution is -2.46. The van der Waals surface area contributed by atoms with E-state index in [0.29, 0.717) is 18.0 Å². The summed E-state index contributed by atoms with van der Waals surface area (Å²) in [6, 6.07) is 8.98. The molecule has 1 saturated heterocycles. The van der Waals surface area contributed by atoms with Crippen molar-refractivity contribution in [3.05, 3.63) is 59.7 Å². The van der Waals surface area contributed by atoms with Gasteiger partial charge >= 0.3 is 6.03 Å². The summed E-state index contributed by atoms with van der Waals surface area (Å²) in [6.45, 7) is 8.19. The number of benzene rings is 1. The number of aromatic nitrogens is 3. The summed E-state index contributed by atoms with van der Waals surface area (Å²) in [5.41, 5.74) is 1.16. The van der Waals surface area contributed by atoms with Gasteiger partial charge in [0.1, 0.15) is 23.7 Å². The molecule has 3 heterocycles. The van der Waals surface area contributed by atoms with Gasteiger partial charge in [-0.1, -0.05) is 23.4 Å². The largest absolute Gasteiger partial charge is 0.492 e. The molecule has 3 aromatic rings. The Kier molecular flexibility index (Phi) is 5.26. The third-order valence-corrected chi connectivity index (χ3v) is 5.53. The molecule has 4 rings (SSSR count). The molecule has 1 aliphatic heterocycles. The summed E-state index contributed by atoms with van der Waals surface area (Å²) in [4.78, 5) is 28.9. The molecule has 0 atom stereocenters. The van der Waals surface area contributed by atoms with Gasteiger partial charge < -0.3 is 14.2 Å². The average Bonchev–Trinajstić information content (AvgIpc) is 3.37. The molecule has 31 heavy (non-hydrogen) atoms. The SMILES string of the molecule is Cc1noc(C)c1Cn1cc(N2C(=O)N(CCOc3ccccc3)C(C)(C)C2=O)cn1. The third kappa shape index (κ3) is 3.78. The van der Waals surface area contributed by atoms with Gasteiger partial charge in [0, 0.05) is 11.8 Å². The zero-order valence-electron chi connectivity index (χ0n) is 18.0. The van der Waals surface area contributed by atoms with E-state index in [-0.39, 0.29) is 25.1 Å². The summed E-state index contributed by atoms with van der Waals surface area (Å²) in [5.74, 6) is 1.14. The molecule has 0 saturated carbocycles. The molecule has 3 amide bonds. The molecule has 0 aliphatic carbocycles. The summed E-state index contributed by atoms with van der Waals surface area (Å²) in [5, 5.41) is 8.27. The standard InChI is InChI=1S/C22H25N5O4/c1-15-19(16(2)31-24-15)14-25-13-17(12-23-25)27-20(28)22(3,4)26(21(27)29)10-11-30-18-8-6-5-7-9-18/h5-9,12-13H,10-11,14H2,1-4H3. The molecule has 1 aliphatic rings. The van der Waals surface area contributed by atoms with Crippen LogP contribution in [0.5, 0.6) is 5.75 Å². The predicted octanol–water partition coefficient (Wildman–Crippen LogP) is 3.16. The number of nitrogens with zero attached hydrogens (tertiary/aromatic N) is 5. The highest BCUT2D eigenvalue weighted by molar-refractivity contribution is 6.22. The van der Waals surface area contributed by atoms with Crippen LogP contribution in [0.15, 0.2) is 47.2 Å². The van der Waals surface area contributed by atoms with Crippen molar-refractivity contribution in [2.24, 2.45) is 0 Å². The summed E-state index contributed by atoms with van der Waals surface area (Å²) < 4.78 is 12.6. The van der Waals surface area contributed by atoms with E-state index in [2.05, 4.69) is 10.3 Å². The van der Waals surface area contributed by atoms with Crippen molar-refractivity contribution in [2.45, 2.75) is 39.8 Å². The number of anilines is 1. The van der Waals surface area contributed by atoms with Crippen LogP contribution >= 0.6 is 0 Å². The van der Waals surface area contributed by atoms with Crippen molar-refractivity contribution in [3.63, 3.8) is 0 Å². The van der Waals surface area contributed by atoms with Crippen molar-refractivity contribution >= 4 is 17.6 Å². The van der Waals surface area contributed by atoms with E-state index in [0.717, 1.165) is 17.0 Å². The van der Waals surface area contributed by atoms with Crippen LogP contribution in [0.4, 0.5) is 10.5 Å². The van der Waals surface area contributed by atoms with Crippen LogP contribution in [0, 0.1) is 13.8 Å². The maximum Gasteiger partial charge on any atom is 0.332 e. The molecule has 9 heteroatoms. The number of hydrogen-bond acceptors (Lipinski definition) is 6. The van der Waals surface area contributed by atoms with E-state index in [1.54, 1.807) is 24.7 Å². The molecule has 1 aromatic carbocycles. The maximum absolute atomic E-state index is 13.1. The minimum atomic E-state index is -0.985. The normalized spacial score (nSPS) is 15.7. The van der Waals surface area contributed by atoms with Gasteiger partial charge in [-0.15, -0.1) is 0 Å². The van der Waals surface area contributed by atoms with Gasteiger partial charge in [-0.3, -0.25) is 9.48 Å². The van der Waals surface area contributed by atoms with Crippen LogP contribution in [-0.4, -0.2) is 50.5 Å². The molecule has 0 bridgehead atoms. The lowest BCUT2D eigenvalue weighted by molar-refractivity contribution is -0.123. The zero-order valence-corrected chi connectivity index (χ0v) is 18.0. The number of carbonyl (C=O) groups is 2. The molecular weight excluding hydrogens is 398 g/mol. The quantitative estimate of drug-likeness (QED) is 0.542. The number of amides is 3. The number of imide groups is 1. The van der Waals surface area contributed by atoms with Gasteiger partial charge in [0.05, 0.1) is 30.7 Å². The highest BCUT2D eigenvalue weighted by Gasteiger charge is 2.52. The Balaban J connectivity index is 1.48. The second-order valence-corrected chi connectivity index (χ2v) is 7.99. The summed E-state index contributed by atoms with van der Waals surface area (Å²) >= 11 is 0. The van der Waals surface area contributed by atoms with Gasteiger partial charge in [0.2, 0.25) is 0 Å². The van der Waals surface area contributed by atoms with Crippen LogP contribution in [0.25, 0.3) is 0 Å². The van der Waals surface area contributed by atoms with Crippen molar-refractivity contribution < 1.29 is 18.8 Å². The minimum absolute atomic E-state index is 0.283. The summed E-state index contributed by atoms with van der Waals surface area (Å²) in [7, 11) is 0. The fourth-order valence-corrected chi connectivity index (χ4v) is 3.65. The number of carbonyl (C=O) groups excluding carboxylic acids is 2. The second-order valence-electron chi connectivity index (χ2n) is 7.99. The Hall–Kier alpha value is -3.62. The third-order valence-electron chi connectivity index (χ3n) is 5.53. The van der Waals surface area contributed by atoms with E-state index < -0.39 is 5.54 Å². The Morgan fingerprint density at radius 3 is 2.55 bits per heavy atom. The lowest BCUT2D eigenvalue weighted by Gasteiger charge is -2.27. The number of rotatable bonds is 7.